The lowest BCUT2D eigenvalue weighted by molar-refractivity contribution is 0.151. The van der Waals surface area contributed by atoms with Crippen LogP contribution in [-0.4, -0.2) is 5.11 Å². The zero-order valence-corrected chi connectivity index (χ0v) is 15.6. The molecule has 3 aromatic rings. The molecule has 27 heavy (non-hydrogen) atoms. The minimum absolute atomic E-state index is 0.133. The average molecular weight is 357 g/mol. The van der Waals surface area contributed by atoms with Gasteiger partial charge >= 0.3 is 0 Å². The van der Waals surface area contributed by atoms with Gasteiger partial charge in [-0.1, -0.05) is 72.8 Å². The van der Waals surface area contributed by atoms with E-state index < -0.39 is 6.10 Å². The molecule has 0 heterocycles. The highest BCUT2D eigenvalue weighted by atomic mass is 16.3. The summed E-state index contributed by atoms with van der Waals surface area (Å²) in [5.74, 6) is 0. The number of nitrogens with one attached hydrogen (secondary N) is 1. The van der Waals surface area contributed by atoms with E-state index in [1.165, 1.54) is 11.1 Å². The number of aryl methyl sites for hydroxylation is 1. The minimum Gasteiger partial charge on any atom is -0.388 e. The standard InChI is InChI=1S/C25H27NO/c27-24(21-11-3-1-4-12-21)17-19-25(26-22-14-5-2-6-15-22)18-9-13-20-10-7-8-16-23(20)25/h1-8,10-12,14-16,24,26-27H,9,13,17-19H2. The van der Waals surface area contributed by atoms with Gasteiger partial charge in [-0.25, -0.2) is 0 Å². The van der Waals surface area contributed by atoms with E-state index in [9.17, 15) is 5.11 Å². The van der Waals surface area contributed by atoms with Crippen LogP contribution in [0.4, 0.5) is 5.69 Å². The monoisotopic (exact) mass is 357 g/mol. The molecule has 0 aromatic heterocycles. The Morgan fingerprint density at radius 2 is 1.52 bits per heavy atom. The number of para-hydroxylation sites is 1. The van der Waals surface area contributed by atoms with Crippen molar-refractivity contribution < 1.29 is 5.11 Å². The molecule has 138 valence electrons. The molecule has 2 unspecified atom stereocenters. The van der Waals surface area contributed by atoms with Crippen molar-refractivity contribution in [2.45, 2.75) is 43.7 Å². The molecular weight excluding hydrogens is 330 g/mol. The predicted molar refractivity (Wildman–Crippen MR) is 112 cm³/mol. The molecule has 2 nitrogen and oxygen atoms in total. The lowest BCUT2D eigenvalue weighted by atomic mass is 9.73. The third-order valence-electron chi connectivity index (χ3n) is 5.77. The lowest BCUT2D eigenvalue weighted by Gasteiger charge is -2.41. The summed E-state index contributed by atoms with van der Waals surface area (Å²) in [6, 6.07) is 29.2. The van der Waals surface area contributed by atoms with Crippen LogP contribution in [0.5, 0.6) is 0 Å². The van der Waals surface area contributed by atoms with Crippen LogP contribution in [0.3, 0.4) is 0 Å². The van der Waals surface area contributed by atoms with Crippen molar-refractivity contribution in [1.82, 2.24) is 0 Å². The highest BCUT2D eigenvalue weighted by Crippen LogP contribution is 2.42. The topological polar surface area (TPSA) is 32.3 Å². The molecule has 1 aliphatic rings. The number of aliphatic hydroxyl groups is 1. The molecule has 3 aromatic carbocycles. The quantitative estimate of drug-likeness (QED) is 0.580. The smallest absolute Gasteiger partial charge is 0.0791 e. The van der Waals surface area contributed by atoms with Crippen LogP contribution in [0, 0.1) is 0 Å². The second kappa shape index (κ2) is 7.98. The molecule has 0 aliphatic heterocycles. The predicted octanol–water partition coefficient (Wildman–Crippen LogP) is 5.84. The van der Waals surface area contributed by atoms with Crippen molar-refractivity contribution in [1.29, 1.82) is 0 Å². The van der Waals surface area contributed by atoms with Crippen molar-refractivity contribution in [3.8, 4) is 0 Å². The van der Waals surface area contributed by atoms with E-state index in [1.54, 1.807) is 0 Å². The third-order valence-corrected chi connectivity index (χ3v) is 5.77. The lowest BCUT2D eigenvalue weighted by Crippen LogP contribution is -2.39. The van der Waals surface area contributed by atoms with Gasteiger partial charge in [0.15, 0.2) is 0 Å². The molecule has 0 fully saturated rings. The summed E-state index contributed by atoms with van der Waals surface area (Å²) >= 11 is 0. The fraction of sp³-hybridized carbons (Fsp3) is 0.280. The number of fused-ring (bicyclic) bond motifs is 1. The Bertz CT molecular complexity index is 862. The molecule has 0 radical (unpaired) electrons. The van der Waals surface area contributed by atoms with Crippen LogP contribution < -0.4 is 5.32 Å². The minimum atomic E-state index is -0.435. The van der Waals surface area contributed by atoms with Crippen LogP contribution in [0.1, 0.15) is 48.5 Å². The Kier molecular flexibility index (Phi) is 5.26. The SMILES string of the molecule is OC(CCC1(Nc2ccccc2)CCCc2ccccc21)c1ccccc1. The first-order valence-electron chi connectivity index (χ1n) is 9.91. The van der Waals surface area contributed by atoms with E-state index in [-0.39, 0.29) is 5.54 Å². The Labute approximate surface area is 161 Å². The van der Waals surface area contributed by atoms with Gasteiger partial charge in [0, 0.05) is 5.69 Å². The summed E-state index contributed by atoms with van der Waals surface area (Å²) in [6.45, 7) is 0. The first-order chi connectivity index (χ1) is 13.3. The number of anilines is 1. The van der Waals surface area contributed by atoms with Crippen molar-refractivity contribution in [3.05, 3.63) is 102 Å². The zero-order valence-electron chi connectivity index (χ0n) is 15.6. The van der Waals surface area contributed by atoms with Gasteiger partial charge in [-0.05, 0) is 60.9 Å². The first-order valence-corrected chi connectivity index (χ1v) is 9.91. The van der Waals surface area contributed by atoms with Gasteiger partial charge in [-0.3, -0.25) is 0 Å². The van der Waals surface area contributed by atoms with E-state index in [0.717, 1.165) is 43.4 Å². The summed E-state index contributed by atoms with van der Waals surface area (Å²) < 4.78 is 0. The Morgan fingerprint density at radius 3 is 2.30 bits per heavy atom. The molecule has 2 N–H and O–H groups in total. The summed E-state index contributed by atoms with van der Waals surface area (Å²) in [5.41, 5.74) is 4.83. The van der Waals surface area contributed by atoms with Crippen LogP contribution in [0.2, 0.25) is 0 Å². The first kappa shape index (κ1) is 17.8. The second-order valence-electron chi connectivity index (χ2n) is 7.55. The highest BCUT2D eigenvalue weighted by Gasteiger charge is 2.36. The van der Waals surface area contributed by atoms with Crippen LogP contribution >= 0.6 is 0 Å². The van der Waals surface area contributed by atoms with Crippen LogP contribution in [0.25, 0.3) is 0 Å². The fourth-order valence-electron chi connectivity index (χ4n) is 4.40. The highest BCUT2D eigenvalue weighted by molar-refractivity contribution is 5.50. The van der Waals surface area contributed by atoms with E-state index in [4.69, 9.17) is 0 Å². The zero-order chi connectivity index (χ0) is 18.5. The number of hydrogen-bond donors (Lipinski definition) is 2. The Balaban J connectivity index is 1.63. The van der Waals surface area contributed by atoms with Gasteiger partial charge in [-0.15, -0.1) is 0 Å². The molecule has 0 spiro atoms. The molecule has 0 bridgehead atoms. The maximum atomic E-state index is 10.8. The van der Waals surface area contributed by atoms with Crippen molar-refractivity contribution in [2.75, 3.05) is 5.32 Å². The van der Waals surface area contributed by atoms with Crippen LogP contribution in [-0.2, 0) is 12.0 Å². The molecule has 4 rings (SSSR count). The molecular formula is C25H27NO. The molecule has 2 heteroatoms. The molecule has 0 amide bonds. The van der Waals surface area contributed by atoms with Crippen molar-refractivity contribution >= 4 is 5.69 Å². The molecule has 0 saturated carbocycles. The molecule has 0 saturated heterocycles. The van der Waals surface area contributed by atoms with E-state index in [0.29, 0.717) is 0 Å². The van der Waals surface area contributed by atoms with E-state index in [2.05, 4.69) is 53.8 Å². The van der Waals surface area contributed by atoms with E-state index >= 15 is 0 Å². The number of hydrogen-bond acceptors (Lipinski definition) is 2. The summed E-state index contributed by atoms with van der Waals surface area (Å²) in [5, 5.41) is 14.6. The van der Waals surface area contributed by atoms with Gasteiger partial charge in [0.25, 0.3) is 0 Å². The normalized spacial score (nSPS) is 19.9. The average Bonchev–Trinajstić information content (AvgIpc) is 2.74. The fourth-order valence-corrected chi connectivity index (χ4v) is 4.40. The third kappa shape index (κ3) is 3.91. The summed E-state index contributed by atoms with van der Waals surface area (Å²) in [4.78, 5) is 0. The van der Waals surface area contributed by atoms with Gasteiger partial charge in [0.05, 0.1) is 11.6 Å². The van der Waals surface area contributed by atoms with Gasteiger partial charge in [0.1, 0.15) is 0 Å². The molecule has 1 aliphatic carbocycles. The molecule has 2 atom stereocenters. The van der Waals surface area contributed by atoms with Gasteiger partial charge in [-0.2, -0.15) is 0 Å². The maximum absolute atomic E-state index is 10.8. The Morgan fingerprint density at radius 1 is 0.852 bits per heavy atom. The second-order valence-corrected chi connectivity index (χ2v) is 7.55. The number of rotatable bonds is 6. The summed E-state index contributed by atoms with van der Waals surface area (Å²) in [7, 11) is 0. The maximum Gasteiger partial charge on any atom is 0.0791 e. The van der Waals surface area contributed by atoms with Crippen LogP contribution in [0.15, 0.2) is 84.9 Å². The van der Waals surface area contributed by atoms with Gasteiger partial charge < -0.3 is 10.4 Å². The van der Waals surface area contributed by atoms with Crippen molar-refractivity contribution in [3.63, 3.8) is 0 Å². The van der Waals surface area contributed by atoms with Gasteiger partial charge in [0.2, 0.25) is 0 Å². The summed E-state index contributed by atoms with van der Waals surface area (Å²) in [6.07, 6.45) is 4.58. The number of benzene rings is 3. The van der Waals surface area contributed by atoms with Crippen molar-refractivity contribution in [2.24, 2.45) is 0 Å². The number of aliphatic hydroxyl groups excluding tert-OH is 1. The van der Waals surface area contributed by atoms with E-state index in [1.807, 2.05) is 36.4 Å². The largest absolute Gasteiger partial charge is 0.388 e. The Hall–Kier alpha value is -2.58.